The lowest BCUT2D eigenvalue weighted by atomic mass is 9.87. The van der Waals surface area contributed by atoms with Crippen LogP contribution < -0.4 is 9.80 Å². The highest BCUT2D eigenvalue weighted by atomic mass is 35.5. The first-order valence-electron chi connectivity index (χ1n) is 12.7. The molecule has 5 aromatic rings. The summed E-state index contributed by atoms with van der Waals surface area (Å²) < 4.78 is 0. The van der Waals surface area contributed by atoms with Crippen LogP contribution in [0.15, 0.2) is 127 Å². The molecule has 2 nitrogen and oxygen atoms in total. The van der Waals surface area contributed by atoms with Crippen LogP contribution in [-0.2, 0) is 5.41 Å². The Morgan fingerprint density at radius 3 is 1.50 bits per heavy atom. The summed E-state index contributed by atoms with van der Waals surface area (Å²) >= 11 is 13.3. The second-order valence-electron chi connectivity index (χ2n) is 10.2. The molecule has 4 heteroatoms. The van der Waals surface area contributed by atoms with Crippen LogP contribution in [0.2, 0.25) is 10.0 Å². The number of benzene rings is 5. The maximum absolute atomic E-state index is 6.80. The van der Waals surface area contributed by atoms with Crippen LogP contribution in [-0.4, -0.2) is 0 Å². The fraction of sp³-hybridized carbons (Fsp3) is 0.118. The summed E-state index contributed by atoms with van der Waals surface area (Å²) in [6.45, 7) is 6.66. The minimum atomic E-state index is 0.0584. The lowest BCUT2D eigenvalue weighted by Gasteiger charge is -2.30. The lowest BCUT2D eigenvalue weighted by molar-refractivity contribution is 0.590. The van der Waals surface area contributed by atoms with Crippen LogP contribution in [0.4, 0.5) is 34.1 Å². The molecular weight excluding hydrogens is 507 g/mol. The van der Waals surface area contributed by atoms with Gasteiger partial charge in [-0.3, -0.25) is 0 Å². The van der Waals surface area contributed by atoms with Crippen LogP contribution >= 0.6 is 23.2 Å². The molecule has 0 spiro atoms. The van der Waals surface area contributed by atoms with Gasteiger partial charge in [0.1, 0.15) is 0 Å². The van der Waals surface area contributed by atoms with Crippen LogP contribution in [0.5, 0.6) is 0 Å². The molecule has 0 heterocycles. The Kier molecular flexibility index (Phi) is 7.46. The van der Waals surface area contributed by atoms with Crippen molar-refractivity contribution in [2.24, 2.45) is 0 Å². The fourth-order valence-electron chi connectivity index (χ4n) is 4.58. The van der Waals surface area contributed by atoms with Crippen LogP contribution in [0.25, 0.3) is 0 Å². The maximum Gasteiger partial charge on any atom is 0.0832 e. The minimum Gasteiger partial charge on any atom is -0.310 e. The van der Waals surface area contributed by atoms with Crippen molar-refractivity contribution >= 4 is 57.3 Å². The highest BCUT2D eigenvalue weighted by molar-refractivity contribution is 6.43. The molecule has 0 saturated carbocycles. The first-order chi connectivity index (χ1) is 18.3. The van der Waals surface area contributed by atoms with Gasteiger partial charge in [0.2, 0.25) is 0 Å². The van der Waals surface area contributed by atoms with Crippen molar-refractivity contribution in [3.63, 3.8) is 0 Å². The minimum absolute atomic E-state index is 0.0584. The predicted molar refractivity (Wildman–Crippen MR) is 165 cm³/mol. The molecule has 0 aliphatic rings. The number of nitrogens with zero attached hydrogens (tertiary/aromatic N) is 2. The normalized spacial score (nSPS) is 11.3. The summed E-state index contributed by atoms with van der Waals surface area (Å²) in [5.41, 5.74) is 7.34. The van der Waals surface area contributed by atoms with Gasteiger partial charge in [0.05, 0.1) is 15.7 Å². The van der Waals surface area contributed by atoms with Crippen LogP contribution in [0, 0.1) is 0 Å². The summed E-state index contributed by atoms with van der Waals surface area (Å²) in [7, 11) is 0. The van der Waals surface area contributed by atoms with E-state index in [1.165, 1.54) is 5.56 Å². The zero-order valence-electron chi connectivity index (χ0n) is 21.8. The zero-order valence-corrected chi connectivity index (χ0v) is 23.3. The molecule has 0 fully saturated rings. The summed E-state index contributed by atoms with van der Waals surface area (Å²) in [6, 6.07) is 43.7. The van der Waals surface area contributed by atoms with E-state index < -0.39 is 0 Å². The topological polar surface area (TPSA) is 6.48 Å². The Balaban J connectivity index is 1.67. The molecule has 0 atom stereocenters. The van der Waals surface area contributed by atoms with Crippen molar-refractivity contribution in [2.75, 3.05) is 9.80 Å². The highest BCUT2D eigenvalue weighted by Crippen LogP contribution is 2.44. The molecule has 0 amide bonds. The second-order valence-corrected chi connectivity index (χ2v) is 11.0. The number of para-hydroxylation sites is 2. The van der Waals surface area contributed by atoms with Gasteiger partial charge in [0, 0.05) is 28.4 Å². The third kappa shape index (κ3) is 5.43. The Labute approximate surface area is 235 Å². The Morgan fingerprint density at radius 2 is 0.947 bits per heavy atom. The first kappa shape index (κ1) is 25.9. The van der Waals surface area contributed by atoms with E-state index in [0.717, 1.165) is 34.1 Å². The van der Waals surface area contributed by atoms with E-state index in [2.05, 4.69) is 128 Å². The number of anilines is 6. The largest absolute Gasteiger partial charge is 0.310 e. The average molecular weight is 538 g/mol. The standard InChI is InChI=1S/C34H30Cl2N2/c1-34(2,3)25-20-22-28(23-21-25)38(32-19-11-18-31(35)33(32)36)30-17-10-16-29(24-30)37(26-12-6-4-7-13-26)27-14-8-5-9-15-27/h4-24H,1-3H3. The monoisotopic (exact) mass is 536 g/mol. The number of hydrogen-bond acceptors (Lipinski definition) is 2. The molecule has 190 valence electrons. The Hall–Kier alpha value is -3.72. The van der Waals surface area contributed by atoms with Crippen molar-refractivity contribution in [3.05, 3.63) is 143 Å². The first-order valence-corrected chi connectivity index (χ1v) is 13.4. The van der Waals surface area contributed by atoms with Crippen molar-refractivity contribution < 1.29 is 0 Å². The van der Waals surface area contributed by atoms with E-state index in [-0.39, 0.29) is 5.41 Å². The lowest BCUT2D eigenvalue weighted by Crippen LogP contribution is -2.14. The third-order valence-electron chi connectivity index (χ3n) is 6.54. The zero-order chi connectivity index (χ0) is 26.7. The van der Waals surface area contributed by atoms with Gasteiger partial charge >= 0.3 is 0 Å². The van der Waals surface area contributed by atoms with E-state index in [1.54, 1.807) is 0 Å². The van der Waals surface area contributed by atoms with Gasteiger partial charge < -0.3 is 9.80 Å². The fourth-order valence-corrected chi connectivity index (χ4v) is 4.96. The molecule has 38 heavy (non-hydrogen) atoms. The maximum atomic E-state index is 6.80. The number of rotatable bonds is 6. The molecular formula is C34H30Cl2N2. The molecule has 0 aliphatic carbocycles. The Bertz CT molecular complexity index is 1470. The molecule has 0 N–H and O–H groups in total. The molecule has 5 rings (SSSR count). The van der Waals surface area contributed by atoms with Crippen molar-refractivity contribution in [3.8, 4) is 0 Å². The molecule has 0 unspecified atom stereocenters. The van der Waals surface area contributed by atoms with E-state index in [9.17, 15) is 0 Å². The van der Waals surface area contributed by atoms with Crippen molar-refractivity contribution in [1.29, 1.82) is 0 Å². The summed E-state index contributed by atoms with van der Waals surface area (Å²) in [5, 5.41) is 1.04. The van der Waals surface area contributed by atoms with Crippen molar-refractivity contribution in [2.45, 2.75) is 26.2 Å². The van der Waals surface area contributed by atoms with Crippen molar-refractivity contribution in [1.82, 2.24) is 0 Å². The summed E-state index contributed by atoms with van der Waals surface area (Å²) in [4.78, 5) is 4.42. The van der Waals surface area contributed by atoms with Gasteiger partial charge in [0.25, 0.3) is 0 Å². The van der Waals surface area contributed by atoms with Crippen LogP contribution in [0.3, 0.4) is 0 Å². The van der Waals surface area contributed by atoms with E-state index in [4.69, 9.17) is 23.2 Å². The molecule has 0 aromatic heterocycles. The van der Waals surface area contributed by atoms with E-state index in [1.807, 2.05) is 30.3 Å². The van der Waals surface area contributed by atoms with Gasteiger partial charge in [-0.05, 0) is 77.7 Å². The second kappa shape index (κ2) is 10.9. The van der Waals surface area contributed by atoms with E-state index in [0.29, 0.717) is 10.0 Å². The van der Waals surface area contributed by atoms with Gasteiger partial charge in [-0.2, -0.15) is 0 Å². The van der Waals surface area contributed by atoms with Gasteiger partial charge in [-0.15, -0.1) is 0 Å². The number of halogens is 2. The predicted octanol–water partition coefficient (Wildman–Crippen LogP) is 11.2. The average Bonchev–Trinajstić information content (AvgIpc) is 2.93. The number of hydrogen-bond donors (Lipinski definition) is 0. The molecule has 0 aliphatic heterocycles. The third-order valence-corrected chi connectivity index (χ3v) is 7.35. The highest BCUT2D eigenvalue weighted by Gasteiger charge is 2.21. The van der Waals surface area contributed by atoms with Gasteiger partial charge in [-0.25, -0.2) is 0 Å². The summed E-state index contributed by atoms with van der Waals surface area (Å²) in [5.74, 6) is 0. The van der Waals surface area contributed by atoms with E-state index >= 15 is 0 Å². The van der Waals surface area contributed by atoms with Gasteiger partial charge in [-0.1, -0.05) is 105 Å². The molecule has 0 bridgehead atoms. The molecule has 0 saturated heterocycles. The quantitative estimate of drug-likeness (QED) is 0.213. The van der Waals surface area contributed by atoms with Gasteiger partial charge in [0.15, 0.2) is 0 Å². The smallest absolute Gasteiger partial charge is 0.0832 e. The SMILES string of the molecule is CC(C)(C)c1ccc(N(c2cccc(N(c3ccccc3)c3ccccc3)c2)c2cccc(Cl)c2Cl)cc1. The molecule has 0 radical (unpaired) electrons. The molecule has 5 aromatic carbocycles. The Morgan fingerprint density at radius 1 is 0.474 bits per heavy atom. The summed E-state index contributed by atoms with van der Waals surface area (Å²) in [6.07, 6.45) is 0. The van der Waals surface area contributed by atoms with Crippen LogP contribution in [0.1, 0.15) is 26.3 Å².